The molecular formula is C7H6N4O. The molecule has 2 aromatic rings. The van der Waals surface area contributed by atoms with Gasteiger partial charge < -0.3 is 4.74 Å². The summed E-state index contributed by atoms with van der Waals surface area (Å²) in [6, 6.07) is 5.77. The fourth-order valence-corrected chi connectivity index (χ4v) is 1.25. The number of ether oxygens (including phenoxy) is 1. The highest BCUT2D eigenvalue weighted by Gasteiger charge is 2.27. The van der Waals surface area contributed by atoms with E-state index >= 15 is 0 Å². The van der Waals surface area contributed by atoms with Gasteiger partial charge in [0, 0.05) is 0 Å². The first-order valence-electron chi connectivity index (χ1n) is 3.74. The predicted molar refractivity (Wildman–Crippen MR) is 39.5 cm³/mol. The van der Waals surface area contributed by atoms with E-state index in [0.29, 0.717) is 0 Å². The summed E-state index contributed by atoms with van der Waals surface area (Å²) in [6.07, 6.45) is 0.192. The normalized spacial score (nSPS) is 21.5. The molecule has 1 aliphatic heterocycles. The van der Waals surface area contributed by atoms with Crippen LogP contribution in [0.3, 0.4) is 0 Å². The van der Waals surface area contributed by atoms with Gasteiger partial charge in [-0.25, -0.2) is 0 Å². The average molecular weight is 162 g/mol. The quantitative estimate of drug-likeness (QED) is 0.562. The summed E-state index contributed by atoms with van der Waals surface area (Å²) < 4.78 is 6.86. The number of hydrogen-bond acceptors (Lipinski definition) is 4. The van der Waals surface area contributed by atoms with Gasteiger partial charge in [0.15, 0.2) is 5.65 Å². The van der Waals surface area contributed by atoms with Gasteiger partial charge >= 0.3 is 0 Å². The molecule has 1 aliphatic rings. The van der Waals surface area contributed by atoms with E-state index in [2.05, 4.69) is 15.5 Å². The molecule has 2 aromatic heterocycles. The second-order valence-corrected chi connectivity index (χ2v) is 2.72. The third-order valence-electron chi connectivity index (χ3n) is 1.91. The Morgan fingerprint density at radius 2 is 2.42 bits per heavy atom. The molecule has 60 valence electrons. The minimum Gasteiger partial charge on any atom is -0.366 e. The molecule has 0 radical (unpaired) electrons. The molecular weight excluding hydrogens is 156 g/mol. The van der Waals surface area contributed by atoms with Crippen LogP contribution in [0.25, 0.3) is 5.65 Å². The number of pyridine rings is 1. The standard InChI is InChI=1S/C7H6N4O/c1-2-5(6-4-12-6)11-7(3-1)8-9-10-11/h1-3,6H,4H2. The maximum Gasteiger partial charge on any atom is 0.179 e. The third-order valence-corrected chi connectivity index (χ3v) is 1.91. The van der Waals surface area contributed by atoms with Crippen molar-refractivity contribution < 1.29 is 4.74 Å². The maximum atomic E-state index is 5.16. The van der Waals surface area contributed by atoms with Gasteiger partial charge in [-0.1, -0.05) is 6.07 Å². The Hall–Kier alpha value is -1.49. The topological polar surface area (TPSA) is 55.6 Å². The molecule has 3 rings (SSSR count). The molecule has 12 heavy (non-hydrogen) atoms. The highest BCUT2D eigenvalue weighted by Crippen LogP contribution is 2.28. The maximum absolute atomic E-state index is 5.16. The van der Waals surface area contributed by atoms with Gasteiger partial charge in [0.2, 0.25) is 0 Å². The number of rotatable bonds is 1. The van der Waals surface area contributed by atoms with Crippen LogP contribution >= 0.6 is 0 Å². The van der Waals surface area contributed by atoms with Crippen molar-refractivity contribution in [1.29, 1.82) is 0 Å². The summed E-state index contributed by atoms with van der Waals surface area (Å²) in [7, 11) is 0. The molecule has 5 nitrogen and oxygen atoms in total. The SMILES string of the molecule is c1cc(C2CO2)n2nnnc2c1. The lowest BCUT2D eigenvalue weighted by Gasteiger charge is -1.96. The molecule has 3 heterocycles. The highest BCUT2D eigenvalue weighted by atomic mass is 16.6. The monoisotopic (exact) mass is 162 g/mol. The molecule has 1 saturated heterocycles. The number of aromatic nitrogens is 4. The van der Waals surface area contributed by atoms with E-state index in [1.807, 2.05) is 18.2 Å². The Morgan fingerprint density at radius 1 is 1.50 bits per heavy atom. The van der Waals surface area contributed by atoms with Gasteiger partial charge in [-0.05, 0) is 22.6 Å². The van der Waals surface area contributed by atoms with Crippen LogP contribution in [-0.4, -0.2) is 26.6 Å². The lowest BCUT2D eigenvalue weighted by atomic mass is 10.3. The van der Waals surface area contributed by atoms with Crippen molar-refractivity contribution in [3.8, 4) is 0 Å². The Kier molecular flexibility index (Phi) is 1.02. The smallest absolute Gasteiger partial charge is 0.179 e. The highest BCUT2D eigenvalue weighted by molar-refractivity contribution is 5.37. The van der Waals surface area contributed by atoms with Crippen molar-refractivity contribution in [1.82, 2.24) is 20.0 Å². The molecule has 0 bridgehead atoms. The fourth-order valence-electron chi connectivity index (χ4n) is 1.25. The summed E-state index contributed by atoms with van der Waals surface area (Å²) in [5.74, 6) is 0. The van der Waals surface area contributed by atoms with Crippen LogP contribution in [0.1, 0.15) is 11.8 Å². The number of fused-ring (bicyclic) bond motifs is 1. The number of epoxide rings is 1. The first-order valence-corrected chi connectivity index (χ1v) is 3.74. The first kappa shape index (κ1) is 6.07. The van der Waals surface area contributed by atoms with Crippen LogP contribution in [-0.2, 0) is 4.74 Å². The Bertz CT molecular complexity index is 420. The van der Waals surface area contributed by atoms with Crippen LogP contribution in [0.2, 0.25) is 0 Å². The van der Waals surface area contributed by atoms with Gasteiger partial charge in [-0.3, -0.25) is 0 Å². The van der Waals surface area contributed by atoms with E-state index in [0.717, 1.165) is 17.9 Å². The summed E-state index contributed by atoms with van der Waals surface area (Å²) in [5, 5.41) is 11.3. The number of tetrazole rings is 1. The van der Waals surface area contributed by atoms with Crippen molar-refractivity contribution in [3.63, 3.8) is 0 Å². The second kappa shape index (κ2) is 2.01. The Balaban J connectivity index is 2.32. The summed E-state index contributed by atoms with van der Waals surface area (Å²) in [4.78, 5) is 0. The van der Waals surface area contributed by atoms with Gasteiger partial charge in [0.25, 0.3) is 0 Å². The minimum atomic E-state index is 0.192. The van der Waals surface area contributed by atoms with E-state index in [9.17, 15) is 0 Å². The van der Waals surface area contributed by atoms with Crippen LogP contribution < -0.4 is 0 Å². The Labute approximate surface area is 68.0 Å². The zero-order chi connectivity index (χ0) is 7.97. The molecule has 0 amide bonds. The summed E-state index contributed by atoms with van der Waals surface area (Å²) in [5.41, 5.74) is 1.79. The molecule has 5 heteroatoms. The van der Waals surface area contributed by atoms with Gasteiger partial charge in [-0.15, -0.1) is 5.10 Å². The van der Waals surface area contributed by atoms with Crippen molar-refractivity contribution in [2.45, 2.75) is 6.10 Å². The largest absolute Gasteiger partial charge is 0.366 e. The molecule has 1 fully saturated rings. The van der Waals surface area contributed by atoms with E-state index < -0.39 is 0 Å². The van der Waals surface area contributed by atoms with Crippen molar-refractivity contribution in [3.05, 3.63) is 23.9 Å². The van der Waals surface area contributed by atoms with Crippen LogP contribution in [0.4, 0.5) is 0 Å². The van der Waals surface area contributed by atoms with E-state index in [1.165, 1.54) is 0 Å². The molecule has 1 unspecified atom stereocenters. The number of hydrogen-bond donors (Lipinski definition) is 0. The molecule has 0 N–H and O–H groups in total. The lowest BCUT2D eigenvalue weighted by Crippen LogP contribution is -1.96. The van der Waals surface area contributed by atoms with E-state index in [4.69, 9.17) is 4.74 Å². The van der Waals surface area contributed by atoms with E-state index in [-0.39, 0.29) is 6.10 Å². The molecule has 0 spiro atoms. The summed E-state index contributed by atoms with van der Waals surface area (Å²) in [6.45, 7) is 0.777. The number of nitrogens with zero attached hydrogens (tertiary/aromatic N) is 4. The van der Waals surface area contributed by atoms with Crippen LogP contribution in [0.5, 0.6) is 0 Å². The van der Waals surface area contributed by atoms with E-state index in [1.54, 1.807) is 4.52 Å². The third kappa shape index (κ3) is 0.738. The average Bonchev–Trinajstić information content (AvgIpc) is 2.82. The molecule has 1 atom stereocenters. The molecule has 0 aromatic carbocycles. The molecule has 0 aliphatic carbocycles. The second-order valence-electron chi connectivity index (χ2n) is 2.72. The minimum absolute atomic E-state index is 0.192. The van der Waals surface area contributed by atoms with Crippen LogP contribution in [0.15, 0.2) is 18.2 Å². The van der Waals surface area contributed by atoms with Crippen molar-refractivity contribution in [2.24, 2.45) is 0 Å². The first-order chi connectivity index (χ1) is 5.95. The molecule has 0 saturated carbocycles. The fraction of sp³-hybridized carbons (Fsp3) is 0.286. The van der Waals surface area contributed by atoms with Crippen molar-refractivity contribution in [2.75, 3.05) is 6.61 Å². The summed E-state index contributed by atoms with van der Waals surface area (Å²) >= 11 is 0. The van der Waals surface area contributed by atoms with Gasteiger partial charge in [0.05, 0.1) is 12.3 Å². The van der Waals surface area contributed by atoms with Crippen LogP contribution in [0, 0.1) is 0 Å². The lowest BCUT2D eigenvalue weighted by molar-refractivity contribution is 0.407. The Morgan fingerprint density at radius 3 is 3.25 bits per heavy atom. The predicted octanol–water partition coefficient (Wildman–Crippen LogP) is 0.196. The van der Waals surface area contributed by atoms with Gasteiger partial charge in [0.1, 0.15) is 6.10 Å². The zero-order valence-corrected chi connectivity index (χ0v) is 6.21. The van der Waals surface area contributed by atoms with Crippen molar-refractivity contribution >= 4 is 5.65 Å². The zero-order valence-electron chi connectivity index (χ0n) is 6.21. The van der Waals surface area contributed by atoms with Gasteiger partial charge in [-0.2, -0.15) is 4.52 Å².